The number of phenols is 7. The maximum Gasteiger partial charge on any atom is 0.157 e. The second kappa shape index (κ2) is 9.35. The average Bonchev–Trinajstić information content (AvgIpc) is 2.91. The third-order valence-electron chi connectivity index (χ3n) is 7.52. The Kier molecular flexibility index (Phi) is 5.92. The molecule has 0 fully saturated rings. The Balaban J connectivity index is 1.49. The van der Waals surface area contributed by atoms with Crippen LogP contribution in [0.4, 0.5) is 0 Å². The van der Waals surface area contributed by atoms with Crippen molar-refractivity contribution >= 4 is 0 Å². The van der Waals surface area contributed by atoms with Crippen molar-refractivity contribution in [1.29, 1.82) is 0 Å². The van der Waals surface area contributed by atoms with Crippen molar-refractivity contribution < 1.29 is 50.3 Å². The quantitative estimate of drug-likeness (QED) is 0.172. The zero-order valence-corrected chi connectivity index (χ0v) is 20.9. The molecule has 0 radical (unpaired) electrons. The summed E-state index contributed by atoms with van der Waals surface area (Å²) in [6.07, 6.45) is -2.58. The lowest BCUT2D eigenvalue weighted by Crippen LogP contribution is -2.31. The molecule has 4 aromatic rings. The van der Waals surface area contributed by atoms with E-state index in [9.17, 15) is 40.9 Å². The van der Waals surface area contributed by atoms with Gasteiger partial charge in [-0.2, -0.15) is 0 Å². The van der Waals surface area contributed by atoms with Crippen LogP contribution in [0.1, 0.15) is 52.4 Å². The maximum atomic E-state index is 11.2. The molecule has 2 aliphatic rings. The van der Waals surface area contributed by atoms with Crippen LogP contribution in [0.25, 0.3) is 0 Å². The van der Waals surface area contributed by atoms with Gasteiger partial charge in [-0.15, -0.1) is 0 Å². The third-order valence-corrected chi connectivity index (χ3v) is 7.52. The predicted octanol–water partition coefficient (Wildman–Crippen LogP) is 4.32. The summed E-state index contributed by atoms with van der Waals surface area (Å²) in [5, 5.41) is 82.6. The van der Waals surface area contributed by atoms with Crippen molar-refractivity contribution in [3.8, 4) is 51.7 Å². The van der Waals surface area contributed by atoms with Crippen LogP contribution in [0.3, 0.4) is 0 Å². The number of ether oxygens (including phenoxy) is 2. The summed E-state index contributed by atoms with van der Waals surface area (Å²) >= 11 is 0. The van der Waals surface area contributed by atoms with E-state index in [4.69, 9.17) is 9.47 Å². The van der Waals surface area contributed by atoms with Crippen molar-refractivity contribution in [1.82, 2.24) is 0 Å². The fraction of sp³-hybridized carbons (Fsp3) is 0.200. The zero-order chi connectivity index (χ0) is 28.3. The number of hydrogen-bond acceptors (Lipinski definition) is 10. The first-order valence-electron chi connectivity index (χ1n) is 12.6. The number of phenolic OH excluding ortho intramolecular Hbond substituents is 7. The molecule has 0 saturated heterocycles. The lowest BCUT2D eigenvalue weighted by Gasteiger charge is -2.37. The minimum Gasteiger partial charge on any atom is -0.508 e. The van der Waals surface area contributed by atoms with Crippen LogP contribution in [0.2, 0.25) is 0 Å². The largest absolute Gasteiger partial charge is 0.508 e. The highest BCUT2D eigenvalue weighted by molar-refractivity contribution is 5.63. The molecule has 40 heavy (non-hydrogen) atoms. The molecule has 0 aromatic heterocycles. The summed E-state index contributed by atoms with van der Waals surface area (Å²) in [5.74, 6) is -2.05. The van der Waals surface area contributed by atoms with Gasteiger partial charge in [-0.3, -0.25) is 0 Å². The molecule has 4 atom stereocenters. The smallest absolute Gasteiger partial charge is 0.157 e. The molecule has 6 rings (SSSR count). The highest BCUT2D eigenvalue weighted by atomic mass is 16.5. The van der Waals surface area contributed by atoms with Gasteiger partial charge in [0.2, 0.25) is 0 Å². The van der Waals surface area contributed by atoms with E-state index in [0.29, 0.717) is 28.0 Å². The van der Waals surface area contributed by atoms with Crippen LogP contribution in [0, 0.1) is 0 Å². The second-order valence-corrected chi connectivity index (χ2v) is 10.1. The van der Waals surface area contributed by atoms with Gasteiger partial charge < -0.3 is 50.3 Å². The number of benzene rings is 4. The predicted molar refractivity (Wildman–Crippen MR) is 140 cm³/mol. The van der Waals surface area contributed by atoms with E-state index in [1.807, 2.05) is 0 Å². The summed E-state index contributed by atoms with van der Waals surface area (Å²) < 4.78 is 12.4. The van der Waals surface area contributed by atoms with E-state index in [-0.39, 0.29) is 58.7 Å². The summed E-state index contributed by atoms with van der Waals surface area (Å²) in [4.78, 5) is 0. The normalized spacial score (nSPS) is 21.5. The number of aromatic hydroxyl groups is 7. The van der Waals surface area contributed by atoms with Gasteiger partial charge in [-0.05, 0) is 47.9 Å². The van der Waals surface area contributed by atoms with Gasteiger partial charge in [0.05, 0.1) is 6.10 Å². The molecule has 0 bridgehead atoms. The van der Waals surface area contributed by atoms with Gasteiger partial charge in [-0.25, -0.2) is 0 Å². The molecular formula is C30H26O10. The van der Waals surface area contributed by atoms with Gasteiger partial charge in [0.1, 0.15) is 41.0 Å². The number of rotatable bonds is 3. The summed E-state index contributed by atoms with van der Waals surface area (Å²) in [6, 6.07) is 14.1. The number of fused-ring (bicyclic) bond motifs is 2. The van der Waals surface area contributed by atoms with E-state index in [0.717, 1.165) is 0 Å². The van der Waals surface area contributed by atoms with Gasteiger partial charge in [-0.1, -0.05) is 18.2 Å². The Labute approximate surface area is 227 Å². The minimum absolute atomic E-state index is 0.0261. The standard InChI is InChI=1S/C30H26O10/c31-15-3-4-16-17(11-26(39-27(16)9-15)13-1-5-19(32)22(35)7-13)28-24(37)12-21(34)18-10-25(38)29(40-30(18)28)14-2-6-20(33)23(36)8-14/h1-9,12,17,25-26,29,31-38H,10-11H2/t17-,25+,26?,29?/m1/s1. The van der Waals surface area contributed by atoms with Crippen molar-refractivity contribution in [3.63, 3.8) is 0 Å². The monoisotopic (exact) mass is 546 g/mol. The lowest BCUT2D eigenvalue weighted by molar-refractivity contribution is 0.0184. The van der Waals surface area contributed by atoms with Crippen molar-refractivity contribution in [2.45, 2.75) is 37.1 Å². The van der Waals surface area contributed by atoms with Crippen LogP contribution >= 0.6 is 0 Å². The van der Waals surface area contributed by atoms with Crippen molar-refractivity contribution in [2.75, 3.05) is 0 Å². The van der Waals surface area contributed by atoms with Crippen LogP contribution in [0.15, 0.2) is 60.7 Å². The van der Waals surface area contributed by atoms with Gasteiger partial charge >= 0.3 is 0 Å². The summed E-state index contributed by atoms with van der Waals surface area (Å²) in [5.41, 5.74) is 2.13. The zero-order valence-electron chi connectivity index (χ0n) is 20.9. The number of aliphatic hydroxyl groups is 1. The fourth-order valence-corrected chi connectivity index (χ4v) is 5.56. The van der Waals surface area contributed by atoms with Gasteiger partial charge in [0, 0.05) is 41.2 Å². The Bertz CT molecular complexity index is 1630. The molecule has 10 nitrogen and oxygen atoms in total. The average molecular weight is 547 g/mol. The molecule has 0 spiro atoms. The molecule has 0 saturated carbocycles. The molecule has 2 heterocycles. The van der Waals surface area contributed by atoms with E-state index < -0.39 is 30.0 Å². The van der Waals surface area contributed by atoms with Crippen LogP contribution in [-0.4, -0.2) is 47.0 Å². The molecule has 8 N–H and O–H groups in total. The van der Waals surface area contributed by atoms with Crippen LogP contribution in [-0.2, 0) is 6.42 Å². The Hall–Kier alpha value is -4.96. The van der Waals surface area contributed by atoms with E-state index >= 15 is 0 Å². The molecule has 2 unspecified atom stereocenters. The van der Waals surface area contributed by atoms with Gasteiger partial charge in [0.25, 0.3) is 0 Å². The molecule has 0 amide bonds. The molecule has 2 aliphatic heterocycles. The third kappa shape index (κ3) is 4.18. The molecule has 206 valence electrons. The van der Waals surface area contributed by atoms with E-state index in [2.05, 4.69) is 0 Å². The molecular weight excluding hydrogens is 520 g/mol. The highest BCUT2D eigenvalue weighted by Gasteiger charge is 2.40. The SMILES string of the molecule is Oc1ccc2c(c1)OC(c1ccc(O)c(O)c1)C[C@H]2c1c(O)cc(O)c2c1OC(c1ccc(O)c(O)c1)[C@@H](O)C2. The Morgan fingerprint density at radius 2 is 1.30 bits per heavy atom. The van der Waals surface area contributed by atoms with Crippen molar-refractivity contribution in [2.24, 2.45) is 0 Å². The maximum absolute atomic E-state index is 11.2. The van der Waals surface area contributed by atoms with E-state index in [1.165, 1.54) is 48.5 Å². The minimum atomic E-state index is -1.12. The van der Waals surface area contributed by atoms with Crippen LogP contribution < -0.4 is 9.47 Å². The molecule has 4 aromatic carbocycles. The summed E-state index contributed by atoms with van der Waals surface area (Å²) in [7, 11) is 0. The molecule has 0 aliphatic carbocycles. The summed E-state index contributed by atoms with van der Waals surface area (Å²) in [6.45, 7) is 0. The van der Waals surface area contributed by atoms with Crippen LogP contribution in [0.5, 0.6) is 51.7 Å². The first kappa shape index (κ1) is 25.3. The molecule has 10 heteroatoms. The van der Waals surface area contributed by atoms with E-state index in [1.54, 1.807) is 12.1 Å². The van der Waals surface area contributed by atoms with Gasteiger partial charge in [0.15, 0.2) is 23.0 Å². The fourth-order valence-electron chi connectivity index (χ4n) is 5.56. The van der Waals surface area contributed by atoms with Crippen molar-refractivity contribution in [3.05, 3.63) is 88.5 Å². The highest BCUT2D eigenvalue weighted by Crippen LogP contribution is 2.55. The second-order valence-electron chi connectivity index (χ2n) is 10.1. The Morgan fingerprint density at radius 1 is 0.625 bits per heavy atom. The topological polar surface area (TPSA) is 180 Å². The first-order chi connectivity index (χ1) is 19.1. The Morgan fingerprint density at radius 3 is 2.00 bits per heavy atom. The number of hydrogen-bond donors (Lipinski definition) is 8. The number of aliphatic hydroxyl groups excluding tert-OH is 1. The first-order valence-corrected chi connectivity index (χ1v) is 12.6. The lowest BCUT2D eigenvalue weighted by atomic mass is 9.79.